The predicted molar refractivity (Wildman–Crippen MR) is 139 cm³/mol. The van der Waals surface area contributed by atoms with Gasteiger partial charge in [0.05, 0.1) is 11.1 Å². The fourth-order valence-electron chi connectivity index (χ4n) is 6.09. The number of likely N-dealkylation sites (tertiary alicyclic amines) is 2. The molecule has 3 fully saturated rings. The lowest BCUT2D eigenvalue weighted by Crippen LogP contribution is -2.42. The van der Waals surface area contributed by atoms with Gasteiger partial charge in [-0.3, -0.25) is 4.79 Å². The number of fused-ring (bicyclic) bond motifs is 1. The first-order valence-corrected chi connectivity index (χ1v) is 13.7. The van der Waals surface area contributed by atoms with Crippen LogP contribution in [0.25, 0.3) is 0 Å². The minimum absolute atomic E-state index is 0.0550. The van der Waals surface area contributed by atoms with Crippen LogP contribution in [-0.4, -0.2) is 72.5 Å². The van der Waals surface area contributed by atoms with Gasteiger partial charge in [-0.15, -0.1) is 0 Å². The number of benzene rings is 1. The summed E-state index contributed by atoms with van der Waals surface area (Å²) in [6, 6.07) is 7.79. The van der Waals surface area contributed by atoms with Gasteiger partial charge in [0.1, 0.15) is 5.82 Å². The molecule has 1 N–H and O–H groups in total. The standard InChI is InChI=1S/C28H33F6N5O/c29-27(30,31)21-3-6-24(7-4-21)39-17-19-15-37(16-20(19)18-39)11-1-2-26(40)38-12-9-23(10-13-38)36-25-8-5-22(14-35-25)28(32,33)34/h3-8,14,19-20,23H,1-2,9-13,15-18H2,(H,35,36). The Balaban J connectivity index is 0.983. The summed E-state index contributed by atoms with van der Waals surface area (Å²) in [5.41, 5.74) is -0.585. The molecule has 6 nitrogen and oxygen atoms in total. The molecule has 0 aliphatic carbocycles. The van der Waals surface area contributed by atoms with Crippen molar-refractivity contribution in [1.29, 1.82) is 0 Å². The highest BCUT2D eigenvalue weighted by Crippen LogP contribution is 2.36. The molecule has 2 atom stereocenters. The van der Waals surface area contributed by atoms with Crippen LogP contribution in [0.15, 0.2) is 42.6 Å². The van der Waals surface area contributed by atoms with E-state index in [9.17, 15) is 31.1 Å². The SMILES string of the molecule is O=C(CCCN1CC2CN(c3ccc(C(F)(F)F)cc3)CC2C1)N1CCC(Nc2ccc(C(F)(F)F)cn2)CC1. The predicted octanol–water partition coefficient (Wildman–Crippen LogP) is 5.37. The molecule has 3 aliphatic heterocycles. The maximum absolute atomic E-state index is 12.8. The molecule has 0 bridgehead atoms. The van der Waals surface area contributed by atoms with Gasteiger partial charge < -0.3 is 20.0 Å². The number of anilines is 2. The molecule has 218 valence electrons. The molecule has 2 unspecified atom stereocenters. The Kier molecular flexibility index (Phi) is 8.17. The smallest absolute Gasteiger partial charge is 0.371 e. The van der Waals surface area contributed by atoms with Crippen LogP contribution in [0.1, 0.15) is 36.8 Å². The highest BCUT2D eigenvalue weighted by molar-refractivity contribution is 5.76. The second kappa shape index (κ2) is 11.5. The minimum Gasteiger partial charge on any atom is -0.371 e. The van der Waals surface area contributed by atoms with Crippen molar-refractivity contribution in [2.24, 2.45) is 11.8 Å². The number of nitrogens with one attached hydrogen (secondary N) is 1. The van der Waals surface area contributed by atoms with E-state index in [1.807, 2.05) is 4.90 Å². The average Bonchev–Trinajstić information content (AvgIpc) is 3.48. The number of carbonyl (C=O) groups excluding carboxylic acids is 1. The van der Waals surface area contributed by atoms with Crippen LogP contribution >= 0.6 is 0 Å². The third-order valence-electron chi connectivity index (χ3n) is 8.28. The van der Waals surface area contributed by atoms with E-state index in [0.29, 0.717) is 50.0 Å². The number of alkyl halides is 6. The van der Waals surface area contributed by atoms with E-state index in [-0.39, 0.29) is 11.9 Å². The molecule has 0 spiro atoms. The highest BCUT2D eigenvalue weighted by Gasteiger charge is 2.40. The van der Waals surface area contributed by atoms with Gasteiger partial charge in [0.15, 0.2) is 0 Å². The van der Waals surface area contributed by atoms with Crippen LogP contribution in [-0.2, 0) is 17.1 Å². The van der Waals surface area contributed by atoms with Crippen molar-refractivity contribution in [1.82, 2.24) is 14.8 Å². The molecule has 0 saturated carbocycles. The van der Waals surface area contributed by atoms with E-state index in [0.717, 1.165) is 69.2 Å². The van der Waals surface area contributed by atoms with Crippen LogP contribution in [0.5, 0.6) is 0 Å². The number of piperidine rings is 1. The summed E-state index contributed by atoms with van der Waals surface area (Å²) in [6.45, 7) is 5.58. The van der Waals surface area contributed by atoms with E-state index in [1.165, 1.54) is 6.07 Å². The summed E-state index contributed by atoms with van der Waals surface area (Å²) in [5, 5.41) is 3.17. The van der Waals surface area contributed by atoms with Gasteiger partial charge in [-0.25, -0.2) is 4.98 Å². The lowest BCUT2D eigenvalue weighted by Gasteiger charge is -2.33. The van der Waals surface area contributed by atoms with Gasteiger partial charge in [0.25, 0.3) is 0 Å². The molecule has 40 heavy (non-hydrogen) atoms. The fraction of sp³-hybridized carbons (Fsp3) is 0.571. The summed E-state index contributed by atoms with van der Waals surface area (Å²) < 4.78 is 76.6. The van der Waals surface area contributed by atoms with Gasteiger partial charge >= 0.3 is 12.4 Å². The van der Waals surface area contributed by atoms with Crippen LogP contribution < -0.4 is 10.2 Å². The summed E-state index contributed by atoms with van der Waals surface area (Å²) in [5.74, 6) is 1.47. The summed E-state index contributed by atoms with van der Waals surface area (Å²) in [6.07, 6.45) is -5.25. The molecule has 1 aromatic carbocycles. The first kappa shape index (κ1) is 28.5. The molecule has 0 radical (unpaired) electrons. The van der Waals surface area contributed by atoms with Crippen LogP contribution in [0.4, 0.5) is 37.8 Å². The van der Waals surface area contributed by atoms with Gasteiger partial charge in [0, 0.05) is 63.6 Å². The number of halogens is 6. The van der Waals surface area contributed by atoms with Gasteiger partial charge in [-0.05, 0) is 74.0 Å². The lowest BCUT2D eigenvalue weighted by molar-refractivity contribution is -0.138. The van der Waals surface area contributed by atoms with Crippen molar-refractivity contribution in [3.05, 3.63) is 53.7 Å². The van der Waals surface area contributed by atoms with Crippen molar-refractivity contribution in [2.75, 3.05) is 56.0 Å². The van der Waals surface area contributed by atoms with E-state index in [2.05, 4.69) is 20.1 Å². The summed E-state index contributed by atoms with van der Waals surface area (Å²) in [7, 11) is 0. The van der Waals surface area contributed by atoms with Crippen LogP contribution in [0.2, 0.25) is 0 Å². The van der Waals surface area contributed by atoms with Gasteiger partial charge in [-0.2, -0.15) is 26.3 Å². The molecule has 2 aromatic rings. The topological polar surface area (TPSA) is 51.7 Å². The number of hydrogen-bond donors (Lipinski definition) is 1. The van der Waals surface area contributed by atoms with Crippen molar-refractivity contribution < 1.29 is 31.1 Å². The zero-order valence-electron chi connectivity index (χ0n) is 22.0. The molecular formula is C28H33F6N5O. The normalized spacial score (nSPS) is 22.6. The number of pyridine rings is 1. The fourth-order valence-corrected chi connectivity index (χ4v) is 6.09. The van der Waals surface area contributed by atoms with E-state index in [1.54, 1.807) is 12.1 Å². The monoisotopic (exact) mass is 569 g/mol. The number of nitrogens with zero attached hydrogens (tertiary/aromatic N) is 4. The third kappa shape index (κ3) is 6.82. The largest absolute Gasteiger partial charge is 0.417 e. The lowest BCUT2D eigenvalue weighted by atomic mass is 10.0. The van der Waals surface area contributed by atoms with E-state index >= 15 is 0 Å². The molecule has 3 aliphatic rings. The number of aromatic nitrogens is 1. The molecule has 4 heterocycles. The molecule has 12 heteroatoms. The zero-order chi connectivity index (χ0) is 28.5. The number of hydrogen-bond acceptors (Lipinski definition) is 5. The molecular weight excluding hydrogens is 536 g/mol. The minimum atomic E-state index is -4.41. The highest BCUT2D eigenvalue weighted by atomic mass is 19.4. The van der Waals surface area contributed by atoms with E-state index < -0.39 is 23.5 Å². The molecule has 1 amide bonds. The first-order valence-electron chi connectivity index (χ1n) is 13.7. The van der Waals surface area contributed by atoms with Crippen molar-refractivity contribution >= 4 is 17.4 Å². The Morgan fingerprint density at radius 2 is 1.45 bits per heavy atom. The number of rotatable bonds is 7. The quantitative estimate of drug-likeness (QED) is 0.455. The summed E-state index contributed by atoms with van der Waals surface area (Å²) >= 11 is 0. The Labute approximate surface area is 229 Å². The Hall–Kier alpha value is -3.02. The van der Waals surface area contributed by atoms with Crippen LogP contribution in [0, 0.1) is 11.8 Å². The molecule has 1 aromatic heterocycles. The number of carbonyl (C=O) groups is 1. The van der Waals surface area contributed by atoms with Gasteiger partial charge in [0.2, 0.25) is 5.91 Å². The molecule has 5 rings (SSSR count). The van der Waals surface area contributed by atoms with Gasteiger partial charge in [-0.1, -0.05) is 0 Å². The van der Waals surface area contributed by atoms with Crippen molar-refractivity contribution in [3.8, 4) is 0 Å². The summed E-state index contributed by atoms with van der Waals surface area (Å²) in [4.78, 5) is 23.0. The first-order chi connectivity index (χ1) is 19.0. The third-order valence-corrected chi connectivity index (χ3v) is 8.28. The van der Waals surface area contributed by atoms with Crippen LogP contribution in [0.3, 0.4) is 0 Å². The number of amides is 1. The van der Waals surface area contributed by atoms with Crippen molar-refractivity contribution in [2.45, 2.75) is 44.1 Å². The maximum Gasteiger partial charge on any atom is 0.417 e. The Bertz CT molecular complexity index is 1130. The second-order valence-corrected chi connectivity index (χ2v) is 11.1. The maximum atomic E-state index is 12.8. The average molecular weight is 570 g/mol. The Morgan fingerprint density at radius 3 is 2.00 bits per heavy atom. The van der Waals surface area contributed by atoms with Crippen molar-refractivity contribution in [3.63, 3.8) is 0 Å². The molecule has 3 saturated heterocycles. The zero-order valence-corrected chi connectivity index (χ0v) is 22.0. The second-order valence-electron chi connectivity index (χ2n) is 11.1. The Morgan fingerprint density at radius 1 is 0.850 bits per heavy atom. The van der Waals surface area contributed by atoms with E-state index in [4.69, 9.17) is 0 Å².